The molecule has 1 aromatic carbocycles. The Bertz CT molecular complexity index is 635. The molecule has 0 saturated heterocycles. The number of H-pyrrole nitrogens is 1. The van der Waals surface area contributed by atoms with Gasteiger partial charge >= 0.3 is 4.87 Å². The molecule has 7 heteroatoms. The summed E-state index contributed by atoms with van der Waals surface area (Å²) in [5.74, 6) is -0.235. The zero-order chi connectivity index (χ0) is 13.1. The first-order chi connectivity index (χ1) is 8.56. The van der Waals surface area contributed by atoms with Crippen molar-refractivity contribution in [1.82, 2.24) is 10.3 Å². The Hall–Kier alpha value is -1.60. The smallest absolute Gasteiger partial charge is 0.304 e. The van der Waals surface area contributed by atoms with Crippen LogP contribution >= 0.6 is 27.3 Å². The van der Waals surface area contributed by atoms with Crippen molar-refractivity contribution < 1.29 is 4.79 Å². The Labute approximate surface area is 115 Å². The normalized spacial score (nSPS) is 10.3. The van der Waals surface area contributed by atoms with Crippen molar-refractivity contribution in [3.63, 3.8) is 0 Å². The summed E-state index contributed by atoms with van der Waals surface area (Å²) < 4.78 is 0.751. The molecule has 0 unspecified atom stereocenters. The number of aromatic amines is 1. The molecule has 94 valence electrons. The number of amides is 1. The molecule has 0 spiro atoms. The summed E-state index contributed by atoms with van der Waals surface area (Å²) in [7, 11) is 0. The van der Waals surface area contributed by atoms with E-state index in [0.29, 0.717) is 16.9 Å². The Morgan fingerprint density at radius 1 is 1.50 bits per heavy atom. The average molecular weight is 328 g/mol. The van der Waals surface area contributed by atoms with Gasteiger partial charge in [0, 0.05) is 26.8 Å². The molecule has 0 aliphatic heterocycles. The van der Waals surface area contributed by atoms with E-state index in [0.717, 1.165) is 15.8 Å². The molecular weight excluding hydrogens is 318 g/mol. The molecule has 0 saturated carbocycles. The maximum Gasteiger partial charge on any atom is 0.304 e. The van der Waals surface area contributed by atoms with Crippen LogP contribution in [0.4, 0.5) is 5.69 Å². The van der Waals surface area contributed by atoms with Gasteiger partial charge in [-0.2, -0.15) is 0 Å². The second-order valence-electron chi connectivity index (χ2n) is 3.59. The van der Waals surface area contributed by atoms with E-state index < -0.39 is 0 Å². The van der Waals surface area contributed by atoms with Crippen molar-refractivity contribution in [2.75, 3.05) is 5.73 Å². The summed E-state index contributed by atoms with van der Waals surface area (Å²) in [5.41, 5.74) is 7.37. The van der Waals surface area contributed by atoms with Crippen LogP contribution in [-0.2, 0) is 6.54 Å². The van der Waals surface area contributed by atoms with Crippen LogP contribution in [0.15, 0.2) is 32.8 Å². The van der Waals surface area contributed by atoms with Crippen LogP contribution < -0.4 is 15.9 Å². The molecule has 0 aliphatic carbocycles. The van der Waals surface area contributed by atoms with Crippen LogP contribution in [0.5, 0.6) is 0 Å². The molecule has 2 aromatic rings. The number of halogens is 1. The van der Waals surface area contributed by atoms with E-state index in [9.17, 15) is 9.59 Å². The molecule has 0 aliphatic rings. The van der Waals surface area contributed by atoms with E-state index in [2.05, 4.69) is 26.2 Å². The minimum atomic E-state index is -0.235. The quantitative estimate of drug-likeness (QED) is 0.750. The lowest BCUT2D eigenvalue weighted by atomic mass is 10.2. The lowest BCUT2D eigenvalue weighted by Gasteiger charge is -2.05. The highest BCUT2D eigenvalue weighted by Crippen LogP contribution is 2.20. The summed E-state index contributed by atoms with van der Waals surface area (Å²) in [6.07, 6.45) is 0. The maximum absolute atomic E-state index is 11.8. The van der Waals surface area contributed by atoms with Crippen LogP contribution in [0.2, 0.25) is 0 Å². The number of benzene rings is 1. The van der Waals surface area contributed by atoms with Gasteiger partial charge in [0.05, 0.1) is 6.54 Å². The third-order valence-corrected chi connectivity index (χ3v) is 3.71. The number of carbonyl (C=O) groups excluding carboxylic acids is 1. The van der Waals surface area contributed by atoms with Gasteiger partial charge in [-0.3, -0.25) is 9.59 Å². The third kappa shape index (κ3) is 2.99. The molecule has 5 nitrogen and oxygen atoms in total. The zero-order valence-corrected chi connectivity index (χ0v) is 11.6. The summed E-state index contributed by atoms with van der Waals surface area (Å²) in [6, 6.07) is 4.98. The van der Waals surface area contributed by atoms with Gasteiger partial charge in [0.2, 0.25) is 0 Å². The van der Waals surface area contributed by atoms with E-state index in [1.54, 1.807) is 23.6 Å². The van der Waals surface area contributed by atoms with Crippen molar-refractivity contribution in [3.8, 4) is 0 Å². The molecule has 0 bridgehead atoms. The molecule has 1 aromatic heterocycles. The summed E-state index contributed by atoms with van der Waals surface area (Å²) in [4.78, 5) is 25.2. The molecule has 0 fully saturated rings. The predicted molar refractivity (Wildman–Crippen MR) is 74.7 cm³/mol. The van der Waals surface area contributed by atoms with Gasteiger partial charge in [-0.1, -0.05) is 11.3 Å². The number of aromatic nitrogens is 1. The number of hydrogen-bond acceptors (Lipinski definition) is 4. The Balaban J connectivity index is 2.03. The SMILES string of the molecule is Nc1cc(C(=O)NCc2csc(=O)[nH]2)ccc1Br. The summed E-state index contributed by atoms with van der Waals surface area (Å²) >= 11 is 4.33. The van der Waals surface area contributed by atoms with Gasteiger partial charge in [-0.05, 0) is 34.1 Å². The monoisotopic (exact) mass is 327 g/mol. The maximum atomic E-state index is 11.8. The number of nitrogens with one attached hydrogen (secondary N) is 2. The largest absolute Gasteiger partial charge is 0.398 e. The van der Waals surface area contributed by atoms with Crippen LogP contribution in [0, 0.1) is 0 Å². The van der Waals surface area contributed by atoms with Crippen molar-refractivity contribution in [2.45, 2.75) is 6.54 Å². The lowest BCUT2D eigenvalue weighted by Crippen LogP contribution is -2.23. The number of thiazole rings is 1. The average Bonchev–Trinajstić information content (AvgIpc) is 2.75. The van der Waals surface area contributed by atoms with Crippen molar-refractivity contribution in [3.05, 3.63) is 49.0 Å². The second kappa shape index (κ2) is 5.36. The highest BCUT2D eigenvalue weighted by molar-refractivity contribution is 9.10. The number of nitrogens with two attached hydrogens (primary N) is 1. The van der Waals surface area contributed by atoms with Crippen LogP contribution in [0.25, 0.3) is 0 Å². The van der Waals surface area contributed by atoms with Gasteiger partial charge in [-0.25, -0.2) is 0 Å². The van der Waals surface area contributed by atoms with Gasteiger partial charge in [0.15, 0.2) is 0 Å². The van der Waals surface area contributed by atoms with E-state index in [4.69, 9.17) is 5.73 Å². The van der Waals surface area contributed by atoms with E-state index in [1.807, 2.05) is 0 Å². The molecule has 4 N–H and O–H groups in total. The van der Waals surface area contributed by atoms with Gasteiger partial charge in [-0.15, -0.1) is 0 Å². The summed E-state index contributed by atoms with van der Waals surface area (Å²) in [6.45, 7) is 0.285. The van der Waals surface area contributed by atoms with E-state index in [-0.39, 0.29) is 17.3 Å². The van der Waals surface area contributed by atoms with Gasteiger partial charge < -0.3 is 16.0 Å². The van der Waals surface area contributed by atoms with Crippen molar-refractivity contribution in [1.29, 1.82) is 0 Å². The number of hydrogen-bond donors (Lipinski definition) is 3. The molecule has 0 atom stereocenters. The van der Waals surface area contributed by atoms with Crippen LogP contribution in [-0.4, -0.2) is 10.9 Å². The molecule has 1 amide bonds. The minimum Gasteiger partial charge on any atom is -0.398 e. The highest BCUT2D eigenvalue weighted by atomic mass is 79.9. The Kier molecular flexibility index (Phi) is 3.83. The first kappa shape index (κ1) is 12.8. The van der Waals surface area contributed by atoms with Crippen molar-refractivity contribution in [2.24, 2.45) is 0 Å². The minimum absolute atomic E-state index is 0.132. The second-order valence-corrected chi connectivity index (χ2v) is 5.29. The number of rotatable bonds is 3. The molecule has 1 heterocycles. The lowest BCUT2D eigenvalue weighted by molar-refractivity contribution is 0.0950. The molecular formula is C11H10BrN3O2S. The standard InChI is InChI=1S/C11H10BrN3O2S/c12-8-2-1-6(3-9(8)13)10(16)14-4-7-5-18-11(17)15-7/h1-3,5H,4,13H2,(H,14,16)(H,15,17). The third-order valence-electron chi connectivity index (χ3n) is 2.27. The van der Waals surface area contributed by atoms with Crippen LogP contribution in [0.3, 0.4) is 0 Å². The Morgan fingerprint density at radius 2 is 2.28 bits per heavy atom. The summed E-state index contributed by atoms with van der Waals surface area (Å²) in [5, 5.41) is 4.38. The molecule has 0 radical (unpaired) electrons. The van der Waals surface area contributed by atoms with Crippen molar-refractivity contribution >= 4 is 38.9 Å². The van der Waals surface area contributed by atoms with Gasteiger partial charge in [0.25, 0.3) is 5.91 Å². The highest BCUT2D eigenvalue weighted by Gasteiger charge is 2.07. The fourth-order valence-electron chi connectivity index (χ4n) is 1.36. The van der Waals surface area contributed by atoms with Crippen LogP contribution in [0.1, 0.15) is 16.1 Å². The van der Waals surface area contributed by atoms with E-state index >= 15 is 0 Å². The first-order valence-electron chi connectivity index (χ1n) is 5.06. The number of nitrogen functional groups attached to an aromatic ring is 1. The number of carbonyl (C=O) groups is 1. The predicted octanol–water partition coefficient (Wildman–Crippen LogP) is 1.71. The fraction of sp³-hybridized carbons (Fsp3) is 0.0909. The molecule has 18 heavy (non-hydrogen) atoms. The first-order valence-corrected chi connectivity index (χ1v) is 6.73. The Morgan fingerprint density at radius 3 is 2.89 bits per heavy atom. The fourth-order valence-corrected chi connectivity index (χ4v) is 2.19. The van der Waals surface area contributed by atoms with Gasteiger partial charge in [0.1, 0.15) is 0 Å². The van der Waals surface area contributed by atoms with E-state index in [1.165, 1.54) is 0 Å². The zero-order valence-electron chi connectivity index (χ0n) is 9.20. The topological polar surface area (TPSA) is 88.0 Å². The number of anilines is 1. The molecule has 2 rings (SSSR count).